The molecule has 2 aromatic rings. The normalized spacial score (nSPS) is 10.1. The molecule has 102 valence electrons. The van der Waals surface area contributed by atoms with Crippen LogP contribution in [-0.2, 0) is 0 Å². The zero-order valence-corrected chi connectivity index (χ0v) is 12.2. The van der Waals surface area contributed by atoms with Gasteiger partial charge in [-0.1, -0.05) is 0 Å². The van der Waals surface area contributed by atoms with Crippen molar-refractivity contribution in [1.29, 1.82) is 5.26 Å². The largest absolute Gasteiger partial charge is 0.399 e. The fourth-order valence-corrected chi connectivity index (χ4v) is 3.10. The highest BCUT2D eigenvalue weighted by Gasteiger charge is 2.20. The van der Waals surface area contributed by atoms with E-state index in [0.29, 0.717) is 28.2 Å². The molecular weight excluding hydrogens is 270 g/mol. The van der Waals surface area contributed by atoms with Gasteiger partial charge in [0, 0.05) is 17.8 Å². The van der Waals surface area contributed by atoms with Gasteiger partial charge in [-0.2, -0.15) is 5.26 Å². The van der Waals surface area contributed by atoms with E-state index in [1.165, 1.54) is 11.3 Å². The van der Waals surface area contributed by atoms with Crippen LogP contribution >= 0.6 is 11.3 Å². The average Bonchev–Trinajstić information content (AvgIpc) is 2.75. The third-order valence-electron chi connectivity index (χ3n) is 2.98. The van der Waals surface area contributed by atoms with Crippen molar-refractivity contribution in [3.63, 3.8) is 0 Å². The molecule has 2 rings (SSSR count). The summed E-state index contributed by atoms with van der Waals surface area (Å²) in [6.07, 6.45) is 0. The number of nitrogens with one attached hydrogen (secondary N) is 1. The van der Waals surface area contributed by atoms with Gasteiger partial charge in [-0.15, -0.1) is 11.3 Å². The Hall–Kier alpha value is -2.32. The summed E-state index contributed by atoms with van der Waals surface area (Å²) < 4.78 is 0. The molecular formula is C15H15N3OS. The zero-order valence-electron chi connectivity index (χ0n) is 11.4. The highest BCUT2D eigenvalue weighted by molar-refractivity contribution is 7.18. The maximum Gasteiger partial charge on any atom is 0.203 e. The van der Waals surface area contributed by atoms with Crippen LogP contribution in [0.4, 0.5) is 10.7 Å². The summed E-state index contributed by atoms with van der Waals surface area (Å²) in [5, 5.41) is 13.1. The van der Waals surface area contributed by atoms with Crippen LogP contribution < -0.4 is 11.1 Å². The molecule has 1 aromatic heterocycles. The first-order valence-electron chi connectivity index (χ1n) is 6.26. The molecule has 1 aromatic carbocycles. The monoisotopic (exact) mass is 285 g/mol. The summed E-state index contributed by atoms with van der Waals surface area (Å²) in [5.74, 6) is -0.0758. The number of nitrogens with two attached hydrogens (primary N) is 1. The van der Waals surface area contributed by atoms with Gasteiger partial charge in [0.15, 0.2) is 0 Å². The third kappa shape index (κ3) is 2.51. The van der Waals surface area contributed by atoms with Crippen molar-refractivity contribution in [2.45, 2.75) is 13.8 Å². The smallest absolute Gasteiger partial charge is 0.203 e. The number of rotatable bonds is 4. The number of thiophene rings is 1. The second kappa shape index (κ2) is 5.76. The Bertz CT molecular complexity index is 680. The van der Waals surface area contributed by atoms with Gasteiger partial charge in [0.05, 0.1) is 10.4 Å². The van der Waals surface area contributed by atoms with E-state index < -0.39 is 0 Å². The lowest BCUT2D eigenvalue weighted by Crippen LogP contribution is -2.01. The van der Waals surface area contributed by atoms with Gasteiger partial charge in [0.2, 0.25) is 5.78 Å². The molecule has 0 atom stereocenters. The Balaban J connectivity index is 2.45. The van der Waals surface area contributed by atoms with Crippen molar-refractivity contribution >= 4 is 27.8 Å². The summed E-state index contributed by atoms with van der Waals surface area (Å²) in [4.78, 5) is 13.1. The van der Waals surface area contributed by atoms with Gasteiger partial charge >= 0.3 is 0 Å². The van der Waals surface area contributed by atoms with E-state index in [1.807, 2.05) is 6.92 Å². The molecule has 4 nitrogen and oxygen atoms in total. The van der Waals surface area contributed by atoms with Gasteiger partial charge in [-0.25, -0.2) is 0 Å². The van der Waals surface area contributed by atoms with Crippen LogP contribution in [0.1, 0.15) is 33.3 Å². The number of hydrogen-bond donors (Lipinski definition) is 2. The molecule has 5 heteroatoms. The van der Waals surface area contributed by atoms with Crippen molar-refractivity contribution in [2.75, 3.05) is 17.6 Å². The zero-order chi connectivity index (χ0) is 14.7. The number of nitrogen functional groups attached to an aromatic ring is 1. The second-order valence-electron chi connectivity index (χ2n) is 4.35. The summed E-state index contributed by atoms with van der Waals surface area (Å²) in [5.41, 5.74) is 8.11. The first-order valence-corrected chi connectivity index (χ1v) is 7.07. The standard InChI is InChI=1S/C15H15N3OS/c1-3-18-15-12(8-16)9(2)14(20-15)13(19)10-4-6-11(17)7-5-10/h4-7,18H,3,17H2,1-2H3. The van der Waals surface area contributed by atoms with Crippen LogP contribution in [0.15, 0.2) is 24.3 Å². The number of carbonyl (C=O) groups excluding carboxylic acids is 1. The Morgan fingerprint density at radius 3 is 2.60 bits per heavy atom. The quantitative estimate of drug-likeness (QED) is 0.668. The van der Waals surface area contributed by atoms with Crippen LogP contribution in [0.5, 0.6) is 0 Å². The predicted octanol–water partition coefficient (Wildman–Crippen LogP) is 3.17. The molecule has 0 aliphatic rings. The molecule has 0 radical (unpaired) electrons. The molecule has 0 saturated heterocycles. The molecule has 20 heavy (non-hydrogen) atoms. The summed E-state index contributed by atoms with van der Waals surface area (Å²) in [6, 6.07) is 8.97. The van der Waals surface area contributed by atoms with Gasteiger partial charge in [0.25, 0.3) is 0 Å². The lowest BCUT2D eigenvalue weighted by atomic mass is 10.0. The van der Waals surface area contributed by atoms with Crippen molar-refractivity contribution < 1.29 is 4.79 Å². The SMILES string of the molecule is CCNc1sc(C(=O)c2ccc(N)cc2)c(C)c1C#N. The van der Waals surface area contributed by atoms with E-state index in [2.05, 4.69) is 11.4 Å². The average molecular weight is 285 g/mol. The van der Waals surface area contributed by atoms with E-state index in [-0.39, 0.29) is 5.78 Å². The highest BCUT2D eigenvalue weighted by Crippen LogP contribution is 2.33. The number of anilines is 2. The highest BCUT2D eigenvalue weighted by atomic mass is 32.1. The first kappa shape index (κ1) is 14.1. The molecule has 0 saturated carbocycles. The van der Waals surface area contributed by atoms with E-state index >= 15 is 0 Å². The number of carbonyl (C=O) groups is 1. The lowest BCUT2D eigenvalue weighted by Gasteiger charge is -2.00. The minimum absolute atomic E-state index is 0.0758. The van der Waals surface area contributed by atoms with E-state index in [4.69, 9.17) is 5.73 Å². The molecule has 0 fully saturated rings. The summed E-state index contributed by atoms with van der Waals surface area (Å²) in [7, 11) is 0. The fraction of sp³-hybridized carbons (Fsp3) is 0.200. The number of benzene rings is 1. The van der Waals surface area contributed by atoms with Crippen molar-refractivity contribution in [2.24, 2.45) is 0 Å². The number of hydrogen-bond acceptors (Lipinski definition) is 5. The number of nitrogens with zero attached hydrogens (tertiary/aromatic N) is 1. The van der Waals surface area contributed by atoms with Gasteiger partial charge in [-0.3, -0.25) is 4.79 Å². The molecule has 0 unspecified atom stereocenters. The molecule has 3 N–H and O–H groups in total. The number of nitriles is 1. The van der Waals surface area contributed by atoms with Gasteiger partial charge < -0.3 is 11.1 Å². The minimum atomic E-state index is -0.0758. The molecule has 0 spiro atoms. The van der Waals surface area contributed by atoms with E-state index in [9.17, 15) is 10.1 Å². The van der Waals surface area contributed by atoms with Crippen molar-refractivity contribution in [3.05, 3.63) is 45.8 Å². The summed E-state index contributed by atoms with van der Waals surface area (Å²) >= 11 is 1.33. The molecule has 0 bridgehead atoms. The third-order valence-corrected chi connectivity index (χ3v) is 4.22. The van der Waals surface area contributed by atoms with Gasteiger partial charge in [-0.05, 0) is 43.7 Å². The van der Waals surface area contributed by atoms with Crippen LogP contribution in [0.2, 0.25) is 0 Å². The van der Waals surface area contributed by atoms with Crippen LogP contribution in [0.3, 0.4) is 0 Å². The maximum atomic E-state index is 12.5. The predicted molar refractivity (Wildman–Crippen MR) is 82.2 cm³/mol. The molecule has 0 amide bonds. The van der Waals surface area contributed by atoms with Crippen molar-refractivity contribution in [3.8, 4) is 6.07 Å². The fourth-order valence-electron chi connectivity index (χ4n) is 1.92. The maximum absolute atomic E-state index is 12.5. The van der Waals surface area contributed by atoms with Crippen molar-refractivity contribution in [1.82, 2.24) is 0 Å². The Labute approximate surface area is 121 Å². The van der Waals surface area contributed by atoms with Gasteiger partial charge in [0.1, 0.15) is 11.1 Å². The first-order chi connectivity index (χ1) is 9.58. The number of ketones is 1. The topological polar surface area (TPSA) is 78.9 Å². The van der Waals surface area contributed by atoms with Crippen LogP contribution in [0, 0.1) is 18.3 Å². The van der Waals surface area contributed by atoms with E-state index in [1.54, 1.807) is 31.2 Å². The molecule has 1 heterocycles. The summed E-state index contributed by atoms with van der Waals surface area (Å²) in [6.45, 7) is 4.47. The van der Waals surface area contributed by atoms with E-state index in [0.717, 1.165) is 10.6 Å². The van der Waals surface area contributed by atoms with Crippen LogP contribution in [-0.4, -0.2) is 12.3 Å². The molecule has 0 aliphatic carbocycles. The Morgan fingerprint density at radius 1 is 1.40 bits per heavy atom. The molecule has 0 aliphatic heterocycles. The second-order valence-corrected chi connectivity index (χ2v) is 5.37. The lowest BCUT2D eigenvalue weighted by molar-refractivity contribution is 0.104. The Kier molecular flexibility index (Phi) is 4.06. The minimum Gasteiger partial charge on any atom is -0.399 e. The van der Waals surface area contributed by atoms with Crippen LogP contribution in [0.25, 0.3) is 0 Å². The Morgan fingerprint density at radius 2 is 2.05 bits per heavy atom.